The normalized spacial score (nSPS) is 23.3. The van der Waals surface area contributed by atoms with E-state index in [4.69, 9.17) is 23.2 Å². The van der Waals surface area contributed by atoms with Crippen LogP contribution in [0.5, 0.6) is 0 Å². The van der Waals surface area contributed by atoms with E-state index in [1.54, 1.807) is 29.2 Å². The summed E-state index contributed by atoms with van der Waals surface area (Å²) in [6.45, 7) is 3.10. The van der Waals surface area contributed by atoms with E-state index in [0.717, 1.165) is 5.56 Å². The third-order valence-electron chi connectivity index (χ3n) is 3.56. The summed E-state index contributed by atoms with van der Waals surface area (Å²) < 4.78 is 0. The van der Waals surface area contributed by atoms with E-state index in [1.807, 2.05) is 6.92 Å². The molecule has 2 unspecified atom stereocenters. The molecule has 0 radical (unpaired) electrons. The van der Waals surface area contributed by atoms with Crippen molar-refractivity contribution in [3.05, 3.63) is 39.9 Å². The van der Waals surface area contributed by atoms with Gasteiger partial charge in [0.2, 0.25) is 5.91 Å². The topological polar surface area (TPSA) is 40.5 Å². The molecule has 1 amide bonds. The summed E-state index contributed by atoms with van der Waals surface area (Å²) in [4.78, 5) is 13.8. The van der Waals surface area contributed by atoms with Crippen LogP contribution in [0, 0.1) is 5.92 Å². The minimum absolute atomic E-state index is 0.0696. The number of nitrogens with zero attached hydrogens (tertiary/aromatic N) is 1. The van der Waals surface area contributed by atoms with Crippen molar-refractivity contribution in [1.82, 2.24) is 4.90 Å². The number of carbonyl (C=O) groups is 1. The largest absolute Gasteiger partial charge is 0.393 e. The van der Waals surface area contributed by atoms with Crippen LogP contribution in [0.3, 0.4) is 0 Å². The number of benzene rings is 1. The Labute approximate surface area is 128 Å². The summed E-state index contributed by atoms with van der Waals surface area (Å²) in [5.74, 6) is 0.0376. The van der Waals surface area contributed by atoms with Gasteiger partial charge in [-0.2, -0.15) is 0 Å². The molecular formula is C15H17Cl2NO2. The van der Waals surface area contributed by atoms with Gasteiger partial charge in [-0.25, -0.2) is 0 Å². The lowest BCUT2D eigenvalue weighted by Gasteiger charge is -2.33. The maximum atomic E-state index is 12.1. The summed E-state index contributed by atoms with van der Waals surface area (Å²) in [5.41, 5.74) is 0.720. The average Bonchev–Trinajstić information content (AvgIpc) is 2.43. The number of likely N-dealkylation sites (tertiary alicyclic amines) is 1. The predicted molar refractivity (Wildman–Crippen MR) is 81.9 cm³/mol. The molecule has 2 atom stereocenters. The number of aliphatic hydroxyl groups is 1. The molecule has 0 aromatic heterocycles. The molecule has 1 heterocycles. The molecule has 5 heteroatoms. The van der Waals surface area contributed by atoms with Gasteiger partial charge in [0.25, 0.3) is 0 Å². The van der Waals surface area contributed by atoms with E-state index in [-0.39, 0.29) is 17.9 Å². The molecule has 1 fully saturated rings. The van der Waals surface area contributed by atoms with Gasteiger partial charge < -0.3 is 10.0 Å². The Morgan fingerprint density at radius 2 is 2.20 bits per heavy atom. The van der Waals surface area contributed by atoms with Crippen LogP contribution in [0.1, 0.15) is 18.9 Å². The number of amides is 1. The third kappa shape index (κ3) is 3.54. The first-order valence-electron chi connectivity index (χ1n) is 6.58. The van der Waals surface area contributed by atoms with Gasteiger partial charge in [-0.15, -0.1) is 0 Å². The molecule has 0 spiro atoms. The summed E-state index contributed by atoms with van der Waals surface area (Å²) in [5, 5.41) is 10.6. The van der Waals surface area contributed by atoms with Crippen LogP contribution in [-0.4, -0.2) is 35.1 Å². The van der Waals surface area contributed by atoms with Gasteiger partial charge in [-0.1, -0.05) is 42.3 Å². The van der Waals surface area contributed by atoms with Crippen LogP contribution in [-0.2, 0) is 4.79 Å². The Bertz CT molecular complexity index is 531. The number of aliphatic hydroxyl groups excluding tert-OH is 1. The smallest absolute Gasteiger partial charge is 0.246 e. The second kappa shape index (κ2) is 6.61. The highest BCUT2D eigenvalue weighted by Gasteiger charge is 2.25. The predicted octanol–water partition coefficient (Wildman–Crippen LogP) is 3.24. The molecule has 0 aliphatic carbocycles. The molecule has 1 aliphatic heterocycles. The van der Waals surface area contributed by atoms with Crippen molar-refractivity contribution < 1.29 is 9.90 Å². The molecule has 1 N–H and O–H groups in total. The molecule has 3 nitrogen and oxygen atoms in total. The molecule has 1 saturated heterocycles. The Morgan fingerprint density at radius 3 is 2.90 bits per heavy atom. The quantitative estimate of drug-likeness (QED) is 0.852. The van der Waals surface area contributed by atoms with E-state index in [1.165, 1.54) is 6.08 Å². The Hall–Kier alpha value is -1.03. The first-order chi connectivity index (χ1) is 9.49. The van der Waals surface area contributed by atoms with Gasteiger partial charge in [0.15, 0.2) is 0 Å². The zero-order valence-corrected chi connectivity index (χ0v) is 12.7. The van der Waals surface area contributed by atoms with Crippen molar-refractivity contribution in [1.29, 1.82) is 0 Å². The highest BCUT2D eigenvalue weighted by molar-refractivity contribution is 6.42. The number of rotatable bonds is 2. The minimum Gasteiger partial charge on any atom is -0.393 e. The maximum Gasteiger partial charge on any atom is 0.246 e. The number of halogens is 2. The SMILES string of the molecule is CC1CN(C(=O)/C=C/c2cccc(Cl)c2Cl)CCC1O. The van der Waals surface area contributed by atoms with Crippen molar-refractivity contribution in [2.75, 3.05) is 13.1 Å². The second-order valence-corrected chi connectivity index (χ2v) is 5.88. The van der Waals surface area contributed by atoms with Gasteiger partial charge in [0.1, 0.15) is 0 Å². The van der Waals surface area contributed by atoms with Crippen molar-refractivity contribution >= 4 is 35.2 Å². The minimum atomic E-state index is -0.314. The fourth-order valence-corrected chi connectivity index (χ4v) is 2.62. The number of hydrogen-bond acceptors (Lipinski definition) is 2. The molecule has 108 valence electrons. The first kappa shape index (κ1) is 15.4. The molecule has 20 heavy (non-hydrogen) atoms. The van der Waals surface area contributed by atoms with E-state index < -0.39 is 0 Å². The van der Waals surface area contributed by atoms with Crippen LogP contribution in [0.15, 0.2) is 24.3 Å². The van der Waals surface area contributed by atoms with Crippen molar-refractivity contribution in [2.45, 2.75) is 19.4 Å². The van der Waals surface area contributed by atoms with E-state index in [9.17, 15) is 9.90 Å². The molecule has 1 aliphatic rings. The number of piperidine rings is 1. The van der Waals surface area contributed by atoms with Gasteiger partial charge in [0, 0.05) is 19.2 Å². The zero-order chi connectivity index (χ0) is 14.7. The highest BCUT2D eigenvalue weighted by Crippen LogP contribution is 2.26. The standard InChI is InChI=1S/C15H17Cl2NO2/c1-10-9-18(8-7-13(10)19)14(20)6-5-11-3-2-4-12(16)15(11)17/h2-6,10,13,19H,7-9H2,1H3/b6-5+. The lowest BCUT2D eigenvalue weighted by atomic mass is 9.97. The molecule has 0 bridgehead atoms. The van der Waals surface area contributed by atoms with E-state index in [2.05, 4.69) is 0 Å². The van der Waals surface area contributed by atoms with E-state index in [0.29, 0.717) is 29.6 Å². The molecule has 0 saturated carbocycles. The fourth-order valence-electron chi connectivity index (χ4n) is 2.25. The molecular weight excluding hydrogens is 297 g/mol. The number of hydrogen-bond donors (Lipinski definition) is 1. The zero-order valence-electron chi connectivity index (χ0n) is 11.2. The van der Waals surface area contributed by atoms with Crippen LogP contribution in [0.2, 0.25) is 10.0 Å². The first-order valence-corrected chi connectivity index (χ1v) is 7.33. The summed E-state index contributed by atoms with van der Waals surface area (Å²) >= 11 is 12.0. The van der Waals surface area contributed by atoms with Gasteiger partial charge in [-0.05, 0) is 30.0 Å². The summed E-state index contributed by atoms with van der Waals surface area (Å²) in [6.07, 6.45) is 3.48. The lowest BCUT2D eigenvalue weighted by Crippen LogP contribution is -2.44. The molecule has 1 aromatic rings. The number of carbonyl (C=O) groups excluding carboxylic acids is 1. The maximum absolute atomic E-state index is 12.1. The van der Waals surface area contributed by atoms with Gasteiger partial charge in [-0.3, -0.25) is 4.79 Å². The highest BCUT2D eigenvalue weighted by atomic mass is 35.5. The van der Waals surface area contributed by atoms with Crippen LogP contribution in [0.25, 0.3) is 6.08 Å². The van der Waals surface area contributed by atoms with Gasteiger partial charge >= 0.3 is 0 Å². The Morgan fingerprint density at radius 1 is 1.45 bits per heavy atom. The average molecular weight is 314 g/mol. The third-order valence-corrected chi connectivity index (χ3v) is 4.39. The van der Waals surface area contributed by atoms with Crippen molar-refractivity contribution in [3.8, 4) is 0 Å². The Kier molecular flexibility index (Phi) is 5.08. The lowest BCUT2D eigenvalue weighted by molar-refractivity contribution is -0.129. The Balaban J connectivity index is 2.04. The summed E-state index contributed by atoms with van der Waals surface area (Å²) in [7, 11) is 0. The van der Waals surface area contributed by atoms with Crippen molar-refractivity contribution in [3.63, 3.8) is 0 Å². The van der Waals surface area contributed by atoms with Crippen LogP contribution in [0.4, 0.5) is 0 Å². The van der Waals surface area contributed by atoms with Gasteiger partial charge in [0.05, 0.1) is 16.1 Å². The molecule has 1 aromatic carbocycles. The molecule has 2 rings (SSSR count). The second-order valence-electron chi connectivity index (χ2n) is 5.09. The van der Waals surface area contributed by atoms with Crippen LogP contribution < -0.4 is 0 Å². The fraction of sp³-hybridized carbons (Fsp3) is 0.400. The van der Waals surface area contributed by atoms with Crippen molar-refractivity contribution in [2.24, 2.45) is 5.92 Å². The monoisotopic (exact) mass is 313 g/mol. The van der Waals surface area contributed by atoms with E-state index >= 15 is 0 Å². The van der Waals surface area contributed by atoms with Crippen LogP contribution >= 0.6 is 23.2 Å². The summed E-state index contributed by atoms with van der Waals surface area (Å²) in [6, 6.07) is 5.30.